The summed E-state index contributed by atoms with van der Waals surface area (Å²) in [6.45, 7) is 0. The highest BCUT2D eigenvalue weighted by Crippen LogP contribution is 2.28. The van der Waals surface area contributed by atoms with E-state index in [0.717, 1.165) is 35.3 Å². The van der Waals surface area contributed by atoms with Crippen molar-refractivity contribution in [3.8, 4) is 0 Å². The smallest absolute Gasteiger partial charge is 0.345 e. The zero-order valence-corrected chi connectivity index (χ0v) is 25.8. The Morgan fingerprint density at radius 1 is 0.773 bits per heavy atom. The zero-order valence-electron chi connectivity index (χ0n) is 22.5. The van der Waals surface area contributed by atoms with E-state index in [4.69, 9.17) is 5.73 Å². The minimum Gasteiger partial charge on any atom is -0.345 e. The van der Waals surface area contributed by atoms with Crippen LogP contribution in [0.15, 0.2) is 69.3 Å². The molecule has 2 aliphatic carbocycles. The van der Waals surface area contributed by atoms with E-state index in [1.54, 1.807) is 35.2 Å². The summed E-state index contributed by atoms with van der Waals surface area (Å²) in [6, 6.07) is 8.89. The van der Waals surface area contributed by atoms with Gasteiger partial charge in [-0.05, 0) is 72.2 Å². The van der Waals surface area contributed by atoms with Crippen molar-refractivity contribution < 1.29 is 34.8 Å². The summed E-state index contributed by atoms with van der Waals surface area (Å²) in [6.07, 6.45) is -0.0229. The van der Waals surface area contributed by atoms with Crippen LogP contribution in [0.1, 0.15) is 22.3 Å². The van der Waals surface area contributed by atoms with Crippen LogP contribution in [0.2, 0.25) is 0 Å². The Labute approximate surface area is 258 Å². The van der Waals surface area contributed by atoms with Gasteiger partial charge in [-0.1, -0.05) is 12.1 Å². The number of thiazole rings is 2. The highest BCUT2D eigenvalue weighted by molar-refractivity contribution is 7.93. The van der Waals surface area contributed by atoms with E-state index >= 15 is 0 Å². The van der Waals surface area contributed by atoms with Gasteiger partial charge in [0, 0.05) is 35.2 Å². The molecule has 2 aromatic heterocycles. The lowest BCUT2D eigenvalue weighted by molar-refractivity contribution is -0.174. The van der Waals surface area contributed by atoms with Crippen LogP contribution in [0.4, 0.5) is 23.4 Å². The highest BCUT2D eigenvalue weighted by Gasteiger charge is 2.40. The summed E-state index contributed by atoms with van der Waals surface area (Å²) in [5, 5.41) is 5.86. The Morgan fingerprint density at radius 3 is 1.70 bits per heavy atom. The summed E-state index contributed by atoms with van der Waals surface area (Å²) in [7, 11) is -7.40. The molecule has 0 aliphatic heterocycles. The number of amides is 1. The molecule has 234 valence electrons. The number of alkyl halides is 3. The maximum absolute atomic E-state index is 12.3. The van der Waals surface area contributed by atoms with Crippen molar-refractivity contribution >= 4 is 58.9 Å². The minimum absolute atomic E-state index is 0.00996. The van der Waals surface area contributed by atoms with Crippen molar-refractivity contribution in [2.45, 2.75) is 53.7 Å². The number of anilines is 2. The average molecular weight is 687 g/mol. The summed E-state index contributed by atoms with van der Waals surface area (Å²) < 4.78 is 90.8. The minimum atomic E-state index is -4.94. The maximum atomic E-state index is 12.3. The molecule has 18 heteroatoms. The van der Waals surface area contributed by atoms with Crippen molar-refractivity contribution in [3.05, 3.63) is 81.8 Å². The summed E-state index contributed by atoms with van der Waals surface area (Å²) in [5.74, 6) is -2.00. The first-order chi connectivity index (χ1) is 20.7. The average Bonchev–Trinajstić information content (AvgIpc) is 3.74. The molecule has 6 rings (SSSR count). The molecule has 2 unspecified atom stereocenters. The predicted octanol–water partition coefficient (Wildman–Crippen LogP) is 3.46. The van der Waals surface area contributed by atoms with Crippen LogP contribution >= 0.6 is 22.7 Å². The van der Waals surface area contributed by atoms with Gasteiger partial charge in [0.15, 0.2) is 10.3 Å². The zero-order chi connectivity index (χ0) is 31.7. The number of benzene rings is 2. The SMILES string of the molecule is NC1Cc2ccc(S(=O)(=O)Nc3nccs3)cc2C1.O=C(NC1Cc2ccc(S(=O)(=O)Nc3nccs3)cc2C1)C(F)(F)F. The largest absolute Gasteiger partial charge is 0.471 e. The van der Waals surface area contributed by atoms with Gasteiger partial charge in [0.05, 0.1) is 9.79 Å². The summed E-state index contributed by atoms with van der Waals surface area (Å²) >= 11 is 2.37. The predicted molar refractivity (Wildman–Crippen MR) is 160 cm³/mol. The molecule has 4 aromatic rings. The van der Waals surface area contributed by atoms with E-state index < -0.39 is 38.2 Å². The molecule has 0 bridgehead atoms. The standard InChI is InChI=1S/C14H12F3N3O3S2.C12H13N3O2S2/c15-14(16,17)12(21)19-10-5-8-1-2-11(7-9(8)6-10)25(22,23)20-13-18-3-4-24-13;13-10-5-8-1-2-11(7-9(8)6-10)19(16,17)15-12-14-3-4-18-12/h1-4,7,10H,5-6H2,(H,18,20)(H,19,21);1-4,7,10H,5-6,13H2,(H,14,15). The Bertz CT molecular complexity index is 1870. The first-order valence-electron chi connectivity index (χ1n) is 12.9. The number of sulfonamides is 2. The fourth-order valence-electron chi connectivity index (χ4n) is 4.82. The maximum Gasteiger partial charge on any atom is 0.471 e. The van der Waals surface area contributed by atoms with Crippen LogP contribution in [-0.2, 0) is 50.5 Å². The number of nitrogens with two attached hydrogens (primary N) is 1. The van der Waals surface area contributed by atoms with Gasteiger partial charge in [-0.25, -0.2) is 26.8 Å². The van der Waals surface area contributed by atoms with E-state index in [1.807, 2.05) is 11.4 Å². The van der Waals surface area contributed by atoms with E-state index in [9.17, 15) is 34.8 Å². The molecule has 0 radical (unpaired) electrons. The quantitative estimate of drug-likeness (QED) is 0.229. The Morgan fingerprint density at radius 2 is 1.23 bits per heavy atom. The van der Waals surface area contributed by atoms with Gasteiger partial charge >= 0.3 is 12.1 Å². The molecular weight excluding hydrogens is 662 g/mol. The first-order valence-corrected chi connectivity index (χ1v) is 17.6. The summed E-state index contributed by atoms with van der Waals surface area (Å²) in [5.41, 5.74) is 9.34. The van der Waals surface area contributed by atoms with Crippen LogP contribution in [0.3, 0.4) is 0 Å². The number of carbonyl (C=O) groups is 1. The molecular formula is C26H25F3N6O5S4. The van der Waals surface area contributed by atoms with Crippen molar-refractivity contribution in [3.63, 3.8) is 0 Å². The second-order valence-corrected chi connectivity index (χ2v) is 15.1. The molecule has 1 amide bonds. The third-order valence-corrected chi connectivity index (χ3v) is 11.1. The Balaban J connectivity index is 0.000000181. The molecule has 0 fully saturated rings. The number of nitrogens with zero attached hydrogens (tertiary/aromatic N) is 2. The van der Waals surface area contributed by atoms with Gasteiger partial charge in [0.25, 0.3) is 20.0 Å². The number of halogens is 3. The third-order valence-electron chi connectivity index (χ3n) is 6.77. The van der Waals surface area contributed by atoms with Crippen molar-refractivity contribution in [1.82, 2.24) is 15.3 Å². The molecule has 44 heavy (non-hydrogen) atoms. The lowest BCUT2D eigenvalue weighted by Crippen LogP contribution is -2.43. The first kappa shape index (κ1) is 31.8. The van der Waals surface area contributed by atoms with Crippen LogP contribution in [0.5, 0.6) is 0 Å². The summed E-state index contributed by atoms with van der Waals surface area (Å²) in [4.78, 5) is 19.0. The number of carbonyl (C=O) groups excluding carboxylic acids is 1. The van der Waals surface area contributed by atoms with Crippen LogP contribution in [0, 0.1) is 0 Å². The molecule has 0 spiro atoms. The topological polar surface area (TPSA) is 173 Å². The second kappa shape index (κ2) is 12.4. The Kier molecular flexibility index (Phi) is 8.99. The van der Waals surface area contributed by atoms with E-state index in [0.29, 0.717) is 16.3 Å². The number of hydrogen-bond donors (Lipinski definition) is 4. The third kappa shape index (κ3) is 7.55. The van der Waals surface area contributed by atoms with Crippen molar-refractivity contribution in [2.75, 3.05) is 9.44 Å². The van der Waals surface area contributed by atoms with Gasteiger partial charge in [0.1, 0.15) is 0 Å². The Hall–Kier alpha value is -3.58. The van der Waals surface area contributed by atoms with Crippen molar-refractivity contribution in [1.29, 1.82) is 0 Å². The van der Waals surface area contributed by atoms with Gasteiger partial charge in [-0.2, -0.15) is 13.2 Å². The fourth-order valence-corrected chi connectivity index (χ4v) is 8.50. The normalized spacial score (nSPS) is 17.6. The van der Waals surface area contributed by atoms with E-state index in [-0.39, 0.29) is 33.8 Å². The molecule has 0 saturated carbocycles. The molecule has 0 saturated heterocycles. The van der Waals surface area contributed by atoms with E-state index in [2.05, 4.69) is 19.4 Å². The molecule has 5 N–H and O–H groups in total. The van der Waals surface area contributed by atoms with Gasteiger partial charge in [-0.3, -0.25) is 14.2 Å². The van der Waals surface area contributed by atoms with Crippen molar-refractivity contribution in [2.24, 2.45) is 5.73 Å². The van der Waals surface area contributed by atoms with Crippen LogP contribution < -0.4 is 20.5 Å². The molecule has 2 heterocycles. The monoisotopic (exact) mass is 686 g/mol. The fraction of sp³-hybridized carbons (Fsp3) is 0.269. The number of nitrogens with one attached hydrogen (secondary N) is 3. The van der Waals surface area contributed by atoms with Crippen LogP contribution in [0.25, 0.3) is 0 Å². The highest BCUT2D eigenvalue weighted by atomic mass is 32.2. The second-order valence-electron chi connectivity index (χ2n) is 9.99. The van der Waals surface area contributed by atoms with E-state index in [1.165, 1.54) is 29.7 Å². The molecule has 2 atom stereocenters. The number of hydrogen-bond acceptors (Lipinski definition) is 10. The lowest BCUT2D eigenvalue weighted by Gasteiger charge is -2.13. The molecule has 2 aromatic carbocycles. The van der Waals surface area contributed by atoms with Gasteiger partial charge < -0.3 is 11.1 Å². The molecule has 11 nitrogen and oxygen atoms in total. The van der Waals surface area contributed by atoms with Crippen LogP contribution in [-0.4, -0.2) is 51.0 Å². The van der Waals surface area contributed by atoms with Gasteiger partial charge in [-0.15, -0.1) is 22.7 Å². The number of fused-ring (bicyclic) bond motifs is 2. The number of rotatable bonds is 7. The molecule has 2 aliphatic rings. The lowest BCUT2D eigenvalue weighted by atomic mass is 10.1. The number of aromatic nitrogens is 2. The van der Waals surface area contributed by atoms with Gasteiger partial charge in [0.2, 0.25) is 0 Å².